The molecule has 2 nitrogen and oxygen atoms in total. The van der Waals surface area contributed by atoms with E-state index in [0.717, 1.165) is 22.3 Å². The number of hydrogen-bond donors (Lipinski definition) is 1. The van der Waals surface area contributed by atoms with E-state index < -0.39 is 5.97 Å². The van der Waals surface area contributed by atoms with E-state index in [2.05, 4.69) is 18.2 Å². The van der Waals surface area contributed by atoms with Crippen LogP contribution in [0.25, 0.3) is 11.1 Å². The van der Waals surface area contributed by atoms with Crippen molar-refractivity contribution in [3.63, 3.8) is 0 Å². The minimum atomic E-state index is -0.875. The lowest BCUT2D eigenvalue weighted by atomic mass is 9.95. The first kappa shape index (κ1) is 12.4. The summed E-state index contributed by atoms with van der Waals surface area (Å²) >= 11 is 0. The maximum atomic E-state index is 11.2. The smallest absolute Gasteiger partial charge is 0.335 e. The number of carbonyl (C=O) groups is 1. The van der Waals surface area contributed by atoms with Gasteiger partial charge in [-0.15, -0.1) is 0 Å². The molecule has 0 aliphatic carbocycles. The molecule has 92 valence electrons. The van der Waals surface area contributed by atoms with Gasteiger partial charge in [-0.25, -0.2) is 4.79 Å². The van der Waals surface area contributed by atoms with Crippen molar-refractivity contribution < 1.29 is 9.90 Å². The molecular formula is C16H16O2. The van der Waals surface area contributed by atoms with Gasteiger partial charge < -0.3 is 5.11 Å². The first-order valence-corrected chi connectivity index (χ1v) is 5.90. The summed E-state index contributed by atoms with van der Waals surface area (Å²) in [5.74, 6) is -0.875. The van der Waals surface area contributed by atoms with Crippen molar-refractivity contribution in [1.29, 1.82) is 0 Å². The maximum Gasteiger partial charge on any atom is 0.335 e. The third-order valence-corrected chi connectivity index (χ3v) is 3.17. The van der Waals surface area contributed by atoms with Gasteiger partial charge in [-0.2, -0.15) is 0 Å². The maximum absolute atomic E-state index is 11.2. The number of aryl methyl sites for hydroxylation is 3. The fraction of sp³-hybridized carbons (Fsp3) is 0.188. The fourth-order valence-corrected chi connectivity index (χ4v) is 2.07. The van der Waals surface area contributed by atoms with Crippen molar-refractivity contribution in [2.75, 3.05) is 0 Å². The van der Waals surface area contributed by atoms with E-state index in [1.165, 1.54) is 5.56 Å². The van der Waals surface area contributed by atoms with E-state index in [1.54, 1.807) is 6.07 Å². The molecule has 2 heteroatoms. The largest absolute Gasteiger partial charge is 0.478 e. The molecule has 2 rings (SSSR count). The first-order valence-electron chi connectivity index (χ1n) is 5.90. The van der Waals surface area contributed by atoms with Gasteiger partial charge in [0.25, 0.3) is 0 Å². The normalized spacial score (nSPS) is 10.4. The van der Waals surface area contributed by atoms with Crippen LogP contribution in [0.4, 0.5) is 0 Å². The number of benzene rings is 2. The van der Waals surface area contributed by atoms with E-state index in [4.69, 9.17) is 5.11 Å². The van der Waals surface area contributed by atoms with Crippen molar-refractivity contribution in [3.05, 3.63) is 58.7 Å². The van der Waals surface area contributed by atoms with Crippen LogP contribution in [0.3, 0.4) is 0 Å². The zero-order valence-corrected chi connectivity index (χ0v) is 10.8. The summed E-state index contributed by atoms with van der Waals surface area (Å²) in [6.45, 7) is 5.89. The van der Waals surface area contributed by atoms with Gasteiger partial charge in [0.05, 0.1) is 5.56 Å². The Balaban J connectivity index is 2.61. The summed E-state index contributed by atoms with van der Waals surface area (Å²) < 4.78 is 0. The number of aromatic carboxylic acids is 1. The second kappa shape index (κ2) is 4.65. The van der Waals surface area contributed by atoms with Gasteiger partial charge in [-0.1, -0.05) is 35.9 Å². The van der Waals surface area contributed by atoms with Crippen LogP contribution in [0, 0.1) is 20.8 Å². The Morgan fingerprint density at radius 1 is 0.944 bits per heavy atom. The molecule has 0 atom stereocenters. The molecule has 2 aromatic carbocycles. The highest BCUT2D eigenvalue weighted by Gasteiger charge is 2.10. The van der Waals surface area contributed by atoms with Crippen LogP contribution in [-0.4, -0.2) is 11.1 Å². The molecular weight excluding hydrogens is 224 g/mol. The third kappa shape index (κ3) is 2.28. The lowest BCUT2D eigenvalue weighted by molar-refractivity contribution is 0.0696. The zero-order chi connectivity index (χ0) is 13.3. The van der Waals surface area contributed by atoms with E-state index >= 15 is 0 Å². The SMILES string of the molecule is Cc1ccc(C)c(-c2ccc(C)c(C(=O)O)c2)c1. The lowest BCUT2D eigenvalue weighted by Crippen LogP contribution is -2.00. The lowest BCUT2D eigenvalue weighted by Gasteiger charge is -2.09. The van der Waals surface area contributed by atoms with E-state index in [9.17, 15) is 4.79 Å². The minimum absolute atomic E-state index is 0.369. The summed E-state index contributed by atoms with van der Waals surface area (Å²) in [5.41, 5.74) is 5.54. The predicted molar refractivity (Wildman–Crippen MR) is 73.0 cm³/mol. The highest BCUT2D eigenvalue weighted by atomic mass is 16.4. The molecule has 0 saturated heterocycles. The summed E-state index contributed by atoms with van der Waals surface area (Å²) in [5, 5.41) is 9.16. The fourth-order valence-electron chi connectivity index (χ4n) is 2.07. The Labute approximate surface area is 107 Å². The average molecular weight is 240 g/mol. The Morgan fingerprint density at radius 2 is 1.61 bits per heavy atom. The van der Waals surface area contributed by atoms with Gasteiger partial charge >= 0.3 is 5.97 Å². The molecule has 0 heterocycles. The van der Waals surface area contributed by atoms with Crippen molar-refractivity contribution in [1.82, 2.24) is 0 Å². The molecule has 0 saturated carbocycles. The molecule has 1 N–H and O–H groups in total. The van der Waals surface area contributed by atoms with Gasteiger partial charge in [0.2, 0.25) is 0 Å². The number of carboxylic acids is 1. The molecule has 0 aromatic heterocycles. The highest BCUT2D eigenvalue weighted by Crippen LogP contribution is 2.26. The Bertz CT molecular complexity index is 612. The van der Waals surface area contributed by atoms with Crippen molar-refractivity contribution >= 4 is 5.97 Å². The standard InChI is InChI=1S/C16H16O2/c1-10-4-5-11(2)14(8-10)13-7-6-12(3)15(9-13)16(17)18/h4-9H,1-3H3,(H,17,18). The van der Waals surface area contributed by atoms with Crippen LogP contribution in [-0.2, 0) is 0 Å². The second-order valence-electron chi connectivity index (χ2n) is 4.65. The first-order chi connectivity index (χ1) is 8.49. The minimum Gasteiger partial charge on any atom is -0.478 e. The summed E-state index contributed by atoms with van der Waals surface area (Å²) in [6.07, 6.45) is 0. The topological polar surface area (TPSA) is 37.3 Å². The van der Waals surface area contributed by atoms with Crippen molar-refractivity contribution in [3.8, 4) is 11.1 Å². The summed E-state index contributed by atoms with van der Waals surface area (Å²) in [4.78, 5) is 11.2. The molecule has 2 aromatic rings. The summed E-state index contributed by atoms with van der Waals surface area (Å²) in [6, 6.07) is 11.8. The molecule has 0 radical (unpaired) electrons. The van der Waals surface area contributed by atoms with Crippen LogP contribution in [0.1, 0.15) is 27.0 Å². The molecule has 0 amide bonds. The van der Waals surface area contributed by atoms with Crippen LogP contribution in [0.15, 0.2) is 36.4 Å². The van der Waals surface area contributed by atoms with E-state index in [1.807, 2.05) is 32.9 Å². The van der Waals surface area contributed by atoms with Gasteiger partial charge in [0.15, 0.2) is 0 Å². The van der Waals surface area contributed by atoms with Crippen molar-refractivity contribution in [2.24, 2.45) is 0 Å². The van der Waals surface area contributed by atoms with Gasteiger partial charge in [0.1, 0.15) is 0 Å². The van der Waals surface area contributed by atoms with Crippen LogP contribution in [0.5, 0.6) is 0 Å². The molecule has 0 aliphatic heterocycles. The van der Waals surface area contributed by atoms with Crippen LogP contribution >= 0.6 is 0 Å². The molecule has 0 spiro atoms. The van der Waals surface area contributed by atoms with Crippen LogP contribution < -0.4 is 0 Å². The van der Waals surface area contributed by atoms with E-state index in [0.29, 0.717) is 5.56 Å². The predicted octanol–water partition coefficient (Wildman–Crippen LogP) is 3.98. The third-order valence-electron chi connectivity index (χ3n) is 3.17. The second-order valence-corrected chi connectivity index (χ2v) is 4.65. The monoisotopic (exact) mass is 240 g/mol. The quantitative estimate of drug-likeness (QED) is 0.862. The average Bonchev–Trinajstić information content (AvgIpc) is 2.33. The Kier molecular flexibility index (Phi) is 3.19. The van der Waals surface area contributed by atoms with Crippen molar-refractivity contribution in [2.45, 2.75) is 20.8 Å². The molecule has 18 heavy (non-hydrogen) atoms. The molecule has 0 aliphatic rings. The zero-order valence-electron chi connectivity index (χ0n) is 10.8. The Hall–Kier alpha value is -2.09. The van der Waals surface area contributed by atoms with Gasteiger partial charge in [-0.3, -0.25) is 0 Å². The van der Waals surface area contributed by atoms with Gasteiger partial charge in [0, 0.05) is 0 Å². The molecule has 0 unspecified atom stereocenters. The Morgan fingerprint density at radius 3 is 2.28 bits per heavy atom. The summed E-state index contributed by atoms with van der Waals surface area (Å²) in [7, 11) is 0. The van der Waals surface area contributed by atoms with E-state index in [-0.39, 0.29) is 0 Å². The van der Waals surface area contributed by atoms with Crippen LogP contribution in [0.2, 0.25) is 0 Å². The number of hydrogen-bond acceptors (Lipinski definition) is 1. The molecule has 0 fully saturated rings. The number of carboxylic acid groups (broad SMARTS) is 1. The molecule has 0 bridgehead atoms. The van der Waals surface area contributed by atoms with Gasteiger partial charge in [-0.05, 0) is 49.1 Å². The number of rotatable bonds is 2. The highest BCUT2D eigenvalue weighted by molar-refractivity contribution is 5.91.